The summed E-state index contributed by atoms with van der Waals surface area (Å²) in [7, 11) is 0. The Morgan fingerprint density at radius 3 is 1.94 bits per heavy atom. The molecule has 0 amide bonds. The Morgan fingerprint density at radius 1 is 0.938 bits per heavy atom. The highest BCUT2D eigenvalue weighted by Gasteiger charge is 2.07. The van der Waals surface area contributed by atoms with Crippen LogP contribution < -0.4 is 4.74 Å². The van der Waals surface area contributed by atoms with Gasteiger partial charge in [0, 0.05) is 0 Å². The monoisotopic (exact) mass is 214 g/mol. The topological polar surface area (TPSA) is 9.23 Å². The van der Waals surface area contributed by atoms with Crippen molar-refractivity contribution >= 4 is 0 Å². The molecule has 0 unspecified atom stereocenters. The predicted molar refractivity (Wildman–Crippen MR) is 69.9 cm³/mol. The van der Waals surface area contributed by atoms with Gasteiger partial charge in [-0.15, -0.1) is 13.2 Å². The maximum atomic E-state index is 5.71. The van der Waals surface area contributed by atoms with Gasteiger partial charge in [-0.2, -0.15) is 0 Å². The van der Waals surface area contributed by atoms with Crippen molar-refractivity contribution in [1.29, 1.82) is 0 Å². The van der Waals surface area contributed by atoms with Crippen molar-refractivity contribution < 1.29 is 4.74 Å². The molecule has 0 aliphatic rings. The van der Waals surface area contributed by atoms with E-state index in [9.17, 15) is 0 Å². The molecule has 1 nitrogen and oxygen atoms in total. The Balaban J connectivity index is 3.05. The standard InChI is InChI=1S/C15H18O/c1-4-8-13-10-7-11-14(9-5-2)15(13)16-12-6-3/h4-7,10-11H,1-3,8-9,12H2. The van der Waals surface area contributed by atoms with Gasteiger partial charge in [-0.05, 0) is 24.0 Å². The number of ether oxygens (including phenoxy) is 1. The number of rotatable bonds is 7. The van der Waals surface area contributed by atoms with E-state index < -0.39 is 0 Å². The van der Waals surface area contributed by atoms with Crippen molar-refractivity contribution in [2.45, 2.75) is 12.8 Å². The highest BCUT2D eigenvalue weighted by Crippen LogP contribution is 2.25. The largest absolute Gasteiger partial charge is 0.489 e. The van der Waals surface area contributed by atoms with Crippen molar-refractivity contribution in [1.82, 2.24) is 0 Å². The number of allylic oxidation sites excluding steroid dienone is 2. The molecule has 0 saturated heterocycles. The zero-order valence-corrected chi connectivity index (χ0v) is 9.61. The minimum Gasteiger partial charge on any atom is -0.489 e. The first kappa shape index (κ1) is 12.3. The van der Waals surface area contributed by atoms with Crippen molar-refractivity contribution in [2.24, 2.45) is 0 Å². The fourth-order valence-electron chi connectivity index (χ4n) is 1.60. The molecule has 0 saturated carbocycles. The van der Waals surface area contributed by atoms with Crippen LogP contribution in [0.3, 0.4) is 0 Å². The SMILES string of the molecule is C=CCOc1c(CC=C)cccc1CC=C. The number of hydrogen-bond donors (Lipinski definition) is 0. The van der Waals surface area contributed by atoms with Crippen molar-refractivity contribution in [3.8, 4) is 5.75 Å². The van der Waals surface area contributed by atoms with Crippen LogP contribution >= 0.6 is 0 Å². The quantitative estimate of drug-likeness (QED) is 0.629. The van der Waals surface area contributed by atoms with Crippen LogP contribution in [0.2, 0.25) is 0 Å². The normalized spacial score (nSPS) is 9.50. The van der Waals surface area contributed by atoms with Gasteiger partial charge in [0.25, 0.3) is 0 Å². The van der Waals surface area contributed by atoms with E-state index in [1.165, 1.54) is 0 Å². The molecule has 0 fully saturated rings. The van der Waals surface area contributed by atoms with Gasteiger partial charge in [0.2, 0.25) is 0 Å². The van der Waals surface area contributed by atoms with E-state index in [4.69, 9.17) is 4.74 Å². The molecular weight excluding hydrogens is 196 g/mol. The van der Waals surface area contributed by atoms with Gasteiger partial charge in [0.15, 0.2) is 0 Å². The van der Waals surface area contributed by atoms with E-state index in [1.807, 2.05) is 18.2 Å². The molecule has 0 aliphatic heterocycles. The lowest BCUT2D eigenvalue weighted by atomic mass is 10.0. The third-order valence-corrected chi connectivity index (χ3v) is 2.25. The van der Waals surface area contributed by atoms with Crippen LogP contribution in [-0.4, -0.2) is 6.61 Å². The highest BCUT2D eigenvalue weighted by molar-refractivity contribution is 5.43. The van der Waals surface area contributed by atoms with E-state index >= 15 is 0 Å². The smallest absolute Gasteiger partial charge is 0.126 e. The number of benzene rings is 1. The molecule has 0 heterocycles. The molecule has 0 bridgehead atoms. The second-order valence-corrected chi connectivity index (χ2v) is 3.49. The van der Waals surface area contributed by atoms with Crippen LogP contribution in [-0.2, 0) is 12.8 Å². The zero-order chi connectivity index (χ0) is 11.8. The summed E-state index contributed by atoms with van der Waals surface area (Å²) in [5.41, 5.74) is 2.33. The Morgan fingerprint density at radius 2 is 1.50 bits per heavy atom. The van der Waals surface area contributed by atoms with Gasteiger partial charge in [-0.25, -0.2) is 0 Å². The predicted octanol–water partition coefficient (Wildman–Crippen LogP) is 3.71. The highest BCUT2D eigenvalue weighted by atomic mass is 16.5. The Bertz CT molecular complexity index is 349. The Labute approximate surface area is 97.8 Å². The first-order chi connectivity index (χ1) is 7.83. The Hall–Kier alpha value is -1.76. The molecule has 0 aromatic heterocycles. The summed E-state index contributed by atoms with van der Waals surface area (Å²) < 4.78 is 5.71. The molecule has 1 aromatic carbocycles. The summed E-state index contributed by atoms with van der Waals surface area (Å²) in [6.45, 7) is 11.7. The van der Waals surface area contributed by atoms with E-state index in [0.29, 0.717) is 6.61 Å². The van der Waals surface area contributed by atoms with Crippen LogP contribution in [0.5, 0.6) is 5.75 Å². The summed E-state index contributed by atoms with van der Waals surface area (Å²) in [5.74, 6) is 0.946. The molecule has 1 heteroatoms. The molecule has 0 aliphatic carbocycles. The van der Waals surface area contributed by atoms with E-state index in [1.54, 1.807) is 6.08 Å². The summed E-state index contributed by atoms with van der Waals surface area (Å²) in [4.78, 5) is 0. The van der Waals surface area contributed by atoms with Crippen LogP contribution in [0.25, 0.3) is 0 Å². The molecule has 16 heavy (non-hydrogen) atoms. The van der Waals surface area contributed by atoms with Crippen LogP contribution in [0.4, 0.5) is 0 Å². The van der Waals surface area contributed by atoms with Crippen LogP contribution in [0, 0.1) is 0 Å². The lowest BCUT2D eigenvalue weighted by Gasteiger charge is -2.13. The average molecular weight is 214 g/mol. The minimum absolute atomic E-state index is 0.526. The lowest BCUT2D eigenvalue weighted by Crippen LogP contribution is -2.01. The van der Waals surface area contributed by atoms with E-state index in [0.717, 1.165) is 29.7 Å². The van der Waals surface area contributed by atoms with E-state index in [-0.39, 0.29) is 0 Å². The number of hydrogen-bond acceptors (Lipinski definition) is 1. The average Bonchev–Trinajstić information content (AvgIpc) is 2.29. The second kappa shape index (κ2) is 6.67. The summed E-state index contributed by atoms with van der Waals surface area (Å²) >= 11 is 0. The molecule has 0 radical (unpaired) electrons. The molecule has 1 rings (SSSR count). The molecule has 0 atom stereocenters. The molecule has 0 spiro atoms. The maximum absolute atomic E-state index is 5.71. The Kier molecular flexibility index (Phi) is 5.13. The van der Waals surface area contributed by atoms with Gasteiger partial charge < -0.3 is 4.74 Å². The second-order valence-electron chi connectivity index (χ2n) is 3.49. The van der Waals surface area contributed by atoms with Gasteiger partial charge in [-0.1, -0.05) is 43.0 Å². The van der Waals surface area contributed by atoms with E-state index in [2.05, 4.69) is 31.9 Å². The van der Waals surface area contributed by atoms with Crippen molar-refractivity contribution in [3.63, 3.8) is 0 Å². The fourth-order valence-corrected chi connectivity index (χ4v) is 1.60. The summed E-state index contributed by atoms with van der Waals surface area (Å²) in [6.07, 6.45) is 7.15. The molecular formula is C15H18O. The molecule has 0 N–H and O–H groups in total. The van der Waals surface area contributed by atoms with Crippen molar-refractivity contribution in [2.75, 3.05) is 6.61 Å². The molecule has 84 valence electrons. The van der Waals surface area contributed by atoms with Gasteiger partial charge in [-0.3, -0.25) is 0 Å². The number of para-hydroxylation sites is 1. The molecule has 1 aromatic rings. The minimum atomic E-state index is 0.526. The first-order valence-corrected chi connectivity index (χ1v) is 5.39. The van der Waals surface area contributed by atoms with Gasteiger partial charge >= 0.3 is 0 Å². The maximum Gasteiger partial charge on any atom is 0.126 e. The summed E-state index contributed by atoms with van der Waals surface area (Å²) in [5, 5.41) is 0. The fraction of sp³-hybridized carbons (Fsp3) is 0.200. The van der Waals surface area contributed by atoms with Crippen LogP contribution in [0.1, 0.15) is 11.1 Å². The van der Waals surface area contributed by atoms with Crippen LogP contribution in [0.15, 0.2) is 56.2 Å². The third kappa shape index (κ3) is 3.13. The zero-order valence-electron chi connectivity index (χ0n) is 9.61. The van der Waals surface area contributed by atoms with Gasteiger partial charge in [0.05, 0.1) is 0 Å². The van der Waals surface area contributed by atoms with Crippen molar-refractivity contribution in [3.05, 3.63) is 67.3 Å². The van der Waals surface area contributed by atoms with Gasteiger partial charge in [0.1, 0.15) is 12.4 Å². The summed E-state index contributed by atoms with van der Waals surface area (Å²) in [6, 6.07) is 6.16. The first-order valence-electron chi connectivity index (χ1n) is 5.39. The third-order valence-electron chi connectivity index (χ3n) is 2.25. The lowest BCUT2D eigenvalue weighted by molar-refractivity contribution is 0.356.